The van der Waals surface area contributed by atoms with E-state index in [1.54, 1.807) is 0 Å². The molecule has 0 saturated carbocycles. The molecule has 7 N–H and O–H groups in total. The Morgan fingerprint density at radius 1 is 0.241 bits per heavy atom. The van der Waals surface area contributed by atoms with Gasteiger partial charge in [0.05, 0.1) is 39.6 Å². The van der Waals surface area contributed by atoms with Crippen molar-refractivity contribution in [1.29, 1.82) is 0 Å². The summed E-state index contributed by atoms with van der Waals surface area (Å²) in [7, 11) is 0. The number of thioether (sulfide) groups is 6. The van der Waals surface area contributed by atoms with Crippen LogP contribution in [-0.2, 0) is 43.0 Å². The minimum atomic E-state index is -0.128. The summed E-state index contributed by atoms with van der Waals surface area (Å²) >= 11 is 11.6. The van der Waals surface area contributed by atoms with E-state index in [2.05, 4.69) is 48.0 Å². The van der Waals surface area contributed by atoms with Crippen molar-refractivity contribution < 1.29 is 58.3 Å². The van der Waals surface area contributed by atoms with Crippen LogP contribution in [0, 0.1) is 0 Å². The van der Waals surface area contributed by atoms with E-state index in [0.29, 0.717) is 96.7 Å². The number of rotatable bonds is 92. The first-order chi connectivity index (χ1) is 55.1. The lowest BCUT2D eigenvalue weighted by Gasteiger charge is -2.07. The highest BCUT2D eigenvalue weighted by atomic mass is 32.2. The zero-order valence-electron chi connectivity index (χ0n) is 72.7. The lowest BCUT2D eigenvalue weighted by Crippen LogP contribution is -2.25. The number of esters is 3. The number of aliphatic hydroxyl groups excluding tert-OH is 3. The zero-order valence-corrected chi connectivity index (χ0v) is 77.6. The fourth-order valence-electron chi connectivity index (χ4n) is 12.8. The maximum Gasteiger partial charge on any atom is 0.305 e. The maximum atomic E-state index is 12.1. The molecule has 0 radical (unpaired) electrons. The van der Waals surface area contributed by atoms with Gasteiger partial charge in [-0.2, -0.15) is 70.6 Å². The van der Waals surface area contributed by atoms with Gasteiger partial charge in [0, 0.05) is 94.0 Å². The molecule has 0 aliphatic rings. The Morgan fingerprint density at radius 3 is 0.723 bits per heavy atom. The Hall–Kier alpha value is -1.04. The number of Topliss-reactive ketones (excluding diaryl/α,β-unsaturated/α-hetero) is 1. The molecule has 2 amide bonds. The van der Waals surface area contributed by atoms with Crippen molar-refractivity contribution in [2.24, 2.45) is 5.73 Å². The summed E-state index contributed by atoms with van der Waals surface area (Å²) < 4.78 is 15.8. The van der Waals surface area contributed by atoms with Crippen LogP contribution in [0.4, 0.5) is 0 Å². The van der Waals surface area contributed by atoms with Crippen LogP contribution in [0.15, 0.2) is 0 Å². The van der Waals surface area contributed by atoms with E-state index < -0.39 is 0 Å². The number of unbranched alkanes of at least 4 members (excludes halogenated alkanes) is 44. The number of ether oxygens (including phenoxy) is 3. The summed E-state index contributed by atoms with van der Waals surface area (Å²) in [6, 6.07) is 0. The Labute approximate surface area is 715 Å². The largest absolute Gasteiger partial charge is 0.466 e. The van der Waals surface area contributed by atoms with Gasteiger partial charge in [0.2, 0.25) is 11.8 Å². The van der Waals surface area contributed by atoms with Gasteiger partial charge in [-0.1, -0.05) is 251 Å². The van der Waals surface area contributed by atoms with Gasteiger partial charge in [0.25, 0.3) is 0 Å². The summed E-state index contributed by atoms with van der Waals surface area (Å²) in [5, 5.41) is 32.2. The van der Waals surface area contributed by atoms with E-state index >= 15 is 0 Å². The van der Waals surface area contributed by atoms with Gasteiger partial charge < -0.3 is 45.9 Å². The number of ketones is 1. The molecule has 0 aliphatic carbocycles. The minimum Gasteiger partial charge on any atom is -0.466 e. The first-order valence-corrected chi connectivity index (χ1v) is 53.5. The molecule has 0 aromatic rings. The molecule has 0 rings (SSSR count). The molecule has 0 aromatic heterocycles. The third-order valence-electron chi connectivity index (χ3n) is 19.5. The Morgan fingerprint density at radius 2 is 0.455 bits per heavy atom. The van der Waals surface area contributed by atoms with E-state index in [1.165, 1.54) is 291 Å². The van der Waals surface area contributed by atoms with Gasteiger partial charge >= 0.3 is 17.9 Å². The second-order valence-corrected chi connectivity index (χ2v) is 37.9. The summed E-state index contributed by atoms with van der Waals surface area (Å²) in [6.45, 7) is 8.55. The second kappa shape index (κ2) is 106. The number of hydrogen-bond donors (Lipinski definition) is 6. The number of hydrogen-bond acceptors (Lipinski definition) is 19. The van der Waals surface area contributed by atoms with Gasteiger partial charge in [0.15, 0.2) is 0 Å². The van der Waals surface area contributed by atoms with Crippen molar-refractivity contribution in [3.63, 3.8) is 0 Å². The molecule has 0 bridgehead atoms. The highest BCUT2D eigenvalue weighted by Crippen LogP contribution is 2.20. The fraction of sp³-hybridized carbons (Fsp3) is 0.934. The van der Waals surface area contributed by atoms with E-state index in [4.69, 9.17) is 35.3 Å². The molecule has 0 atom stereocenters. The molecule has 0 heterocycles. The topological polar surface area (TPSA) is 241 Å². The molecule has 0 spiro atoms. The first kappa shape index (κ1) is 115. The summed E-state index contributed by atoms with van der Waals surface area (Å²) in [6.07, 6.45) is 69.9. The van der Waals surface area contributed by atoms with E-state index in [0.717, 1.165) is 138 Å². The second-order valence-electron chi connectivity index (χ2n) is 30.5. The van der Waals surface area contributed by atoms with Crippen LogP contribution in [0.3, 0.4) is 0 Å². The molecule has 21 heteroatoms. The molecule has 0 aliphatic heterocycles. The van der Waals surface area contributed by atoms with Crippen molar-refractivity contribution >= 4 is 106 Å². The SMILES string of the molecule is CCCSCCCCCCCCCCC(=O)OCCCNC(=O)CCCCCCCCCCSCCO.CCCSCCCCCCCCCCC(=O)OCCCOC(=O)CCCCCCCCCCSCCN.O=C(CCCCCCCCCCSCCO)CCCCCNC(=O)CCCCCCCCCCSCCO. The molecule has 112 heavy (non-hydrogen) atoms. The van der Waals surface area contributed by atoms with Crippen LogP contribution in [-0.4, -0.2) is 179 Å². The number of nitrogens with two attached hydrogens (primary N) is 1. The quantitative estimate of drug-likeness (QED) is 0.0188. The Kier molecular flexibility index (Phi) is 109. The van der Waals surface area contributed by atoms with Crippen molar-refractivity contribution in [3.05, 3.63) is 0 Å². The predicted octanol–water partition coefficient (Wildman–Crippen LogP) is 24.0. The fourth-order valence-corrected chi connectivity index (χ4v) is 17.6. The van der Waals surface area contributed by atoms with Crippen LogP contribution >= 0.6 is 70.6 Å². The number of carbonyl (C=O) groups excluding carboxylic acids is 6. The number of nitrogens with one attached hydrogen (secondary N) is 2. The average Bonchev–Trinajstić information content (AvgIpc) is 1.46. The summed E-state index contributed by atoms with van der Waals surface area (Å²) in [4.78, 5) is 71.4. The van der Waals surface area contributed by atoms with Gasteiger partial charge in [-0.3, -0.25) is 28.8 Å². The molecule has 0 aromatic carbocycles. The highest BCUT2D eigenvalue weighted by molar-refractivity contribution is 8.00. The molecular weight excluding hydrogens is 1520 g/mol. The summed E-state index contributed by atoms with van der Waals surface area (Å²) in [5.41, 5.74) is 5.49. The molecule has 15 nitrogen and oxygen atoms in total. The third kappa shape index (κ3) is 109. The average molecular weight is 1700 g/mol. The van der Waals surface area contributed by atoms with Crippen molar-refractivity contribution in [3.8, 4) is 0 Å². The summed E-state index contributed by atoms with van der Waals surface area (Å²) in [5.74, 6) is 14.0. The van der Waals surface area contributed by atoms with Crippen LogP contribution < -0.4 is 16.4 Å². The lowest BCUT2D eigenvalue weighted by molar-refractivity contribution is -0.147. The van der Waals surface area contributed by atoms with Crippen molar-refractivity contribution in [2.75, 3.05) is 128 Å². The monoisotopic (exact) mass is 1700 g/mol. The Bertz CT molecular complexity index is 1690. The number of carbonyl (C=O) groups is 6. The molecule has 0 fully saturated rings. The normalized spacial score (nSPS) is 11.1. The zero-order chi connectivity index (χ0) is 81.9. The number of aliphatic hydroxyl groups is 3. The van der Waals surface area contributed by atoms with Crippen molar-refractivity contribution in [2.45, 2.75) is 412 Å². The van der Waals surface area contributed by atoms with Gasteiger partial charge in [-0.05, 0) is 155 Å². The molecular formula is C91H179N3O12S6. The molecule has 0 saturated heterocycles. The lowest BCUT2D eigenvalue weighted by atomic mass is 10.0. The van der Waals surface area contributed by atoms with Crippen LogP contribution in [0.25, 0.3) is 0 Å². The van der Waals surface area contributed by atoms with E-state index in [-0.39, 0.29) is 36.3 Å². The first-order valence-electron chi connectivity index (χ1n) is 46.6. The van der Waals surface area contributed by atoms with Crippen LogP contribution in [0.2, 0.25) is 0 Å². The smallest absolute Gasteiger partial charge is 0.305 e. The van der Waals surface area contributed by atoms with E-state index in [1.807, 2.05) is 47.0 Å². The predicted molar refractivity (Wildman–Crippen MR) is 496 cm³/mol. The van der Waals surface area contributed by atoms with E-state index in [9.17, 15) is 28.8 Å². The number of amides is 2. The maximum absolute atomic E-state index is 12.1. The minimum absolute atomic E-state index is 0.100. The molecule has 666 valence electrons. The molecule has 0 unspecified atom stereocenters. The van der Waals surface area contributed by atoms with Crippen LogP contribution in [0.1, 0.15) is 412 Å². The highest BCUT2D eigenvalue weighted by Gasteiger charge is 2.10. The van der Waals surface area contributed by atoms with Crippen molar-refractivity contribution in [1.82, 2.24) is 10.6 Å². The standard InChI is InChI=1S/C31H61NO4S2.2C30H59NO4S2/c33-24-28-37-26-18-11-7-3-1-5-9-14-20-30(35)21-15-13-17-23-32-31(36)22-16-10-6-2-4-8-12-19-27-38-29-25-34;1-2-25-36-26-17-13-9-6-4-8-12-16-21-30(34)35-24-19-22-31-29(33)20-15-11-7-3-5-10-14-18-27-37-28-23-32;1-2-25-36-26-17-13-9-5-3-7-11-15-20-29(32)34-23-19-24-35-30(33)21-16-12-8-4-6-10-14-18-27-37-28-22-31/h33-34H,1-29H2,(H,32,36);32H,2-28H2,1H3,(H,31,33);2-28,31H2,1H3. The van der Waals surface area contributed by atoms with Gasteiger partial charge in [-0.25, -0.2) is 0 Å². The van der Waals surface area contributed by atoms with Crippen LogP contribution in [0.5, 0.6) is 0 Å². The third-order valence-corrected chi connectivity index (χ3v) is 26.3. The van der Waals surface area contributed by atoms with Gasteiger partial charge in [-0.15, -0.1) is 0 Å². The Balaban J connectivity index is -0.00000159. The van der Waals surface area contributed by atoms with Gasteiger partial charge in [0.1, 0.15) is 5.78 Å².